The van der Waals surface area contributed by atoms with Crippen LogP contribution in [0.5, 0.6) is 5.88 Å². The van der Waals surface area contributed by atoms with Gasteiger partial charge >= 0.3 is 6.18 Å². The van der Waals surface area contributed by atoms with Crippen molar-refractivity contribution in [1.82, 2.24) is 10.2 Å². The quantitative estimate of drug-likeness (QED) is 0.727. The Balaban J connectivity index is 2.15. The topological polar surface area (TPSA) is 112 Å². The van der Waals surface area contributed by atoms with E-state index in [1.54, 1.807) is 13.0 Å². The number of halogens is 3. The minimum absolute atomic E-state index is 0.0106. The van der Waals surface area contributed by atoms with E-state index in [-0.39, 0.29) is 34.4 Å². The maximum absolute atomic E-state index is 13.7. The zero-order valence-electron chi connectivity index (χ0n) is 15.8. The zero-order chi connectivity index (χ0) is 21.7. The number of hydrogen-bond donors (Lipinski definition) is 2. The number of allylic oxidation sites excluding steroid dienone is 3. The maximum atomic E-state index is 13.7. The summed E-state index contributed by atoms with van der Waals surface area (Å²) in [5.74, 6) is -0.397. The lowest BCUT2D eigenvalue weighted by Crippen LogP contribution is -2.43. The van der Waals surface area contributed by atoms with Crippen LogP contribution in [0.4, 0.5) is 13.2 Å². The van der Waals surface area contributed by atoms with Crippen LogP contribution in [0.2, 0.25) is 0 Å². The number of hydrogen-bond acceptors (Lipinski definition) is 5. The summed E-state index contributed by atoms with van der Waals surface area (Å²) < 4.78 is 46.5. The second kappa shape index (κ2) is 6.67. The Morgan fingerprint density at radius 3 is 2.50 bits per heavy atom. The van der Waals surface area contributed by atoms with Crippen molar-refractivity contribution in [1.29, 1.82) is 10.5 Å². The van der Waals surface area contributed by atoms with E-state index in [0.29, 0.717) is 24.1 Å². The number of nitrogens with two attached hydrogens (primary N) is 1. The molecule has 4 rings (SSSR count). The van der Waals surface area contributed by atoms with Crippen molar-refractivity contribution in [3.8, 4) is 18.0 Å². The lowest BCUT2D eigenvalue weighted by Gasteiger charge is -2.42. The Kier molecular flexibility index (Phi) is 4.35. The molecule has 1 aromatic carbocycles. The van der Waals surface area contributed by atoms with E-state index in [2.05, 4.69) is 16.3 Å². The van der Waals surface area contributed by atoms with Gasteiger partial charge in [-0.2, -0.15) is 23.7 Å². The van der Waals surface area contributed by atoms with Gasteiger partial charge in [-0.25, -0.2) is 0 Å². The minimum Gasteiger partial charge on any atom is -0.420 e. The molecule has 2 heterocycles. The highest BCUT2D eigenvalue weighted by atomic mass is 19.4. The van der Waals surface area contributed by atoms with Gasteiger partial charge in [0.05, 0.1) is 28.2 Å². The molecule has 0 saturated carbocycles. The van der Waals surface area contributed by atoms with E-state index < -0.39 is 17.2 Å². The number of nitriles is 2. The number of nitrogens with one attached hydrogen (secondary N) is 1. The molecule has 1 aliphatic carbocycles. The number of aromatic nitrogens is 2. The second-order valence-electron chi connectivity index (χ2n) is 7.34. The van der Waals surface area contributed by atoms with Crippen molar-refractivity contribution in [3.63, 3.8) is 0 Å². The number of ether oxygens (including phenoxy) is 1. The van der Waals surface area contributed by atoms with Crippen molar-refractivity contribution in [2.24, 2.45) is 11.7 Å². The zero-order valence-corrected chi connectivity index (χ0v) is 15.8. The average Bonchev–Trinajstić information content (AvgIpc) is 3.36. The molecule has 1 atom stereocenters. The maximum Gasteiger partial charge on any atom is 0.416 e. The molecule has 152 valence electrons. The number of H-pyrrole nitrogens is 1. The SMILES string of the molecule is Cc1[nH]nc2c1C(c1cc(C#N)cc(C(F)(F)F)c1)(C1CC=CC1)C(C#N)=C(N)O2. The summed E-state index contributed by atoms with van der Waals surface area (Å²) in [5, 5.41) is 26.3. The molecule has 0 saturated heterocycles. The highest BCUT2D eigenvalue weighted by Gasteiger charge is 2.53. The largest absolute Gasteiger partial charge is 0.420 e. The summed E-state index contributed by atoms with van der Waals surface area (Å²) in [4.78, 5) is 0. The average molecular weight is 411 g/mol. The highest BCUT2D eigenvalue weighted by Crippen LogP contribution is 2.56. The van der Waals surface area contributed by atoms with Gasteiger partial charge < -0.3 is 10.5 Å². The van der Waals surface area contributed by atoms with Gasteiger partial charge in [-0.3, -0.25) is 5.10 Å². The van der Waals surface area contributed by atoms with Gasteiger partial charge in [0.2, 0.25) is 11.8 Å². The summed E-state index contributed by atoms with van der Waals surface area (Å²) in [7, 11) is 0. The summed E-state index contributed by atoms with van der Waals surface area (Å²) >= 11 is 0. The number of alkyl halides is 3. The van der Waals surface area contributed by atoms with Crippen molar-refractivity contribution in [2.45, 2.75) is 31.4 Å². The van der Waals surface area contributed by atoms with Crippen LogP contribution in [0.3, 0.4) is 0 Å². The van der Waals surface area contributed by atoms with Gasteiger partial charge in [-0.1, -0.05) is 12.2 Å². The molecule has 1 aromatic heterocycles. The van der Waals surface area contributed by atoms with Crippen molar-refractivity contribution >= 4 is 0 Å². The van der Waals surface area contributed by atoms with Crippen LogP contribution in [0.15, 0.2) is 41.8 Å². The Labute approximate surface area is 170 Å². The van der Waals surface area contributed by atoms with Crippen molar-refractivity contribution < 1.29 is 17.9 Å². The molecule has 9 heteroatoms. The number of aromatic amines is 1. The standard InChI is InChI=1S/C21H16F3N5O/c1-11-17-19(29-28-11)30-18(27)16(10-26)20(17,13-4-2-3-5-13)14-6-12(9-25)7-15(8-14)21(22,23)24/h2-3,6-8,13H,4-5,27H2,1H3,(H,28,29). The number of aryl methyl sites for hydroxylation is 1. The van der Waals surface area contributed by atoms with Gasteiger partial charge in [0, 0.05) is 5.69 Å². The van der Waals surface area contributed by atoms with Crippen LogP contribution in [-0.2, 0) is 11.6 Å². The summed E-state index contributed by atoms with van der Waals surface area (Å²) in [6.07, 6.45) is 0.196. The molecule has 0 spiro atoms. The lowest BCUT2D eigenvalue weighted by atomic mass is 9.59. The molecular weight excluding hydrogens is 395 g/mol. The third kappa shape index (κ3) is 2.66. The monoisotopic (exact) mass is 411 g/mol. The Bertz CT molecular complexity index is 1170. The molecule has 6 nitrogen and oxygen atoms in total. The smallest absolute Gasteiger partial charge is 0.416 e. The van der Waals surface area contributed by atoms with E-state index >= 15 is 0 Å². The fourth-order valence-corrected chi connectivity index (χ4v) is 4.55. The molecule has 2 aromatic rings. The molecule has 1 unspecified atom stereocenters. The van der Waals surface area contributed by atoms with Crippen LogP contribution < -0.4 is 10.5 Å². The van der Waals surface area contributed by atoms with Gasteiger partial charge in [0.25, 0.3) is 0 Å². The van der Waals surface area contributed by atoms with Gasteiger partial charge in [0.15, 0.2) is 0 Å². The number of nitrogens with zero attached hydrogens (tertiary/aromatic N) is 3. The van der Waals surface area contributed by atoms with E-state index in [1.165, 1.54) is 6.07 Å². The molecule has 0 fully saturated rings. The predicted molar refractivity (Wildman–Crippen MR) is 99.6 cm³/mol. The Hall–Kier alpha value is -3.72. The first kappa shape index (κ1) is 19.6. The van der Waals surface area contributed by atoms with E-state index in [4.69, 9.17) is 10.5 Å². The van der Waals surface area contributed by atoms with Crippen LogP contribution in [-0.4, -0.2) is 10.2 Å². The van der Waals surface area contributed by atoms with Crippen LogP contribution in [0.25, 0.3) is 0 Å². The first-order valence-electron chi connectivity index (χ1n) is 9.15. The van der Waals surface area contributed by atoms with Gasteiger partial charge in [-0.15, -0.1) is 5.10 Å². The van der Waals surface area contributed by atoms with Gasteiger partial charge in [-0.05, 0) is 49.4 Å². The fourth-order valence-electron chi connectivity index (χ4n) is 4.55. The van der Waals surface area contributed by atoms with Crippen molar-refractivity contribution in [2.75, 3.05) is 0 Å². The van der Waals surface area contributed by atoms with Crippen molar-refractivity contribution in [3.05, 3.63) is 69.8 Å². The highest BCUT2D eigenvalue weighted by molar-refractivity contribution is 5.63. The molecule has 30 heavy (non-hydrogen) atoms. The molecule has 0 amide bonds. The van der Waals surface area contributed by atoms with Gasteiger partial charge in [0.1, 0.15) is 11.6 Å². The summed E-state index contributed by atoms with van der Waals surface area (Å²) in [6, 6.07) is 7.05. The second-order valence-corrected chi connectivity index (χ2v) is 7.34. The Morgan fingerprint density at radius 1 is 1.20 bits per heavy atom. The lowest BCUT2D eigenvalue weighted by molar-refractivity contribution is -0.137. The molecule has 3 N–H and O–H groups in total. The van der Waals surface area contributed by atoms with E-state index in [1.807, 2.05) is 12.2 Å². The van der Waals surface area contributed by atoms with Crippen LogP contribution in [0, 0.1) is 35.5 Å². The summed E-state index contributed by atoms with van der Waals surface area (Å²) in [5.41, 5.74) is 4.78. The van der Waals surface area contributed by atoms with Crippen LogP contribution >= 0.6 is 0 Å². The number of rotatable bonds is 2. The van der Waals surface area contributed by atoms with E-state index in [9.17, 15) is 23.7 Å². The minimum atomic E-state index is -4.67. The molecule has 0 bridgehead atoms. The normalized spacial score (nSPS) is 21.1. The number of benzene rings is 1. The number of fused-ring (bicyclic) bond motifs is 1. The Morgan fingerprint density at radius 2 is 1.90 bits per heavy atom. The third-order valence-corrected chi connectivity index (χ3v) is 5.73. The van der Waals surface area contributed by atoms with E-state index in [0.717, 1.165) is 12.1 Å². The molecule has 0 radical (unpaired) electrons. The van der Waals surface area contributed by atoms with Crippen LogP contribution in [0.1, 0.15) is 40.8 Å². The first-order valence-corrected chi connectivity index (χ1v) is 9.15. The first-order chi connectivity index (χ1) is 14.2. The predicted octanol–water partition coefficient (Wildman–Crippen LogP) is 3.95. The molecule has 2 aliphatic rings. The fraction of sp³-hybridized carbons (Fsp3) is 0.286. The summed E-state index contributed by atoms with van der Waals surface area (Å²) in [6.45, 7) is 1.71. The molecular formula is C21H16F3N5O. The third-order valence-electron chi connectivity index (χ3n) is 5.73. The molecule has 1 aliphatic heterocycles.